The number of aliphatic hydroxyl groups is 2. The number of hydrogen-bond acceptors (Lipinski definition) is 6. The van der Waals surface area contributed by atoms with Crippen LogP contribution in [0, 0.1) is 23.6 Å². The third-order valence-corrected chi connectivity index (χ3v) is 7.70. The zero-order valence-corrected chi connectivity index (χ0v) is 21.8. The van der Waals surface area contributed by atoms with Crippen LogP contribution in [0.5, 0.6) is 5.75 Å². The molecule has 1 aromatic heterocycles. The van der Waals surface area contributed by atoms with Crippen molar-refractivity contribution in [2.24, 2.45) is 17.8 Å². The fourth-order valence-corrected chi connectivity index (χ4v) is 5.90. The second-order valence-electron chi connectivity index (χ2n) is 10.0. The number of aromatic nitrogens is 1. The van der Waals surface area contributed by atoms with E-state index >= 15 is 0 Å². The van der Waals surface area contributed by atoms with Crippen LogP contribution in [0.2, 0.25) is 0 Å². The van der Waals surface area contributed by atoms with Gasteiger partial charge >= 0.3 is 0 Å². The van der Waals surface area contributed by atoms with E-state index in [0.717, 1.165) is 11.1 Å². The topological polar surface area (TPSA) is 111 Å². The highest BCUT2D eigenvalue weighted by molar-refractivity contribution is 6.05. The summed E-state index contributed by atoms with van der Waals surface area (Å²) >= 11 is 0. The highest BCUT2D eigenvalue weighted by Gasteiger charge is 2.54. The van der Waals surface area contributed by atoms with E-state index in [9.17, 15) is 29.3 Å². The van der Waals surface area contributed by atoms with E-state index in [2.05, 4.69) is 4.98 Å². The molecule has 0 saturated carbocycles. The number of carbonyl (C=O) groups is 2. The number of imide groups is 1. The number of amides is 2. The van der Waals surface area contributed by atoms with Crippen LogP contribution in [-0.2, 0) is 9.59 Å². The van der Waals surface area contributed by atoms with Crippen molar-refractivity contribution in [1.82, 2.24) is 9.88 Å². The summed E-state index contributed by atoms with van der Waals surface area (Å²) < 4.78 is 14.0. The fraction of sp³-hybridized carbons (Fsp3) is 0.433. The van der Waals surface area contributed by atoms with E-state index in [0.29, 0.717) is 49.1 Å². The highest BCUT2D eigenvalue weighted by Crippen LogP contribution is 2.47. The first kappa shape index (κ1) is 27.7. The Labute approximate surface area is 222 Å². The molecule has 1 saturated heterocycles. The van der Waals surface area contributed by atoms with E-state index < -0.39 is 35.4 Å². The van der Waals surface area contributed by atoms with Crippen LogP contribution in [0.25, 0.3) is 11.6 Å². The average Bonchev–Trinajstić information content (AvgIpc) is 3.16. The summed E-state index contributed by atoms with van der Waals surface area (Å²) in [5, 5.41) is 31.4. The Bertz CT molecular complexity index is 1240. The molecule has 0 spiro atoms. The Morgan fingerprint density at radius 3 is 2.63 bits per heavy atom. The van der Waals surface area contributed by atoms with Crippen molar-refractivity contribution in [3.63, 3.8) is 0 Å². The molecule has 202 valence electrons. The molecule has 4 rings (SSSR count). The number of aromatic hydroxyl groups is 1. The van der Waals surface area contributed by atoms with E-state index in [-0.39, 0.29) is 24.8 Å². The Balaban J connectivity index is 1.62. The standard InChI is InChI=1S/C30H35FN2O5/c1-3-13-33-29(37)21-16-19(4-2)27(22(17-34)28(21)30(33)38)26(36)11-9-20(24-7-5-6-12-32-24)14-18-8-10-25(35)23(31)15-18/h5-8,10,12,14-15,21-22,26,28,34-36H,3-4,9,11,13,16-17H2,1-2H3/b20-14-/t21-,22+,26-,28-/m1/s1. The lowest BCUT2D eigenvalue weighted by atomic mass is 9.67. The molecule has 7 nitrogen and oxygen atoms in total. The third-order valence-electron chi connectivity index (χ3n) is 7.70. The van der Waals surface area contributed by atoms with Crippen LogP contribution in [-0.4, -0.2) is 56.3 Å². The monoisotopic (exact) mass is 522 g/mol. The number of pyridine rings is 1. The van der Waals surface area contributed by atoms with Gasteiger partial charge in [-0.1, -0.05) is 31.6 Å². The molecule has 2 aromatic rings. The van der Waals surface area contributed by atoms with Gasteiger partial charge in [0.25, 0.3) is 0 Å². The molecular formula is C30H35FN2O5. The van der Waals surface area contributed by atoms with Gasteiger partial charge in [0, 0.05) is 18.7 Å². The number of likely N-dealkylation sites (tertiary alicyclic amines) is 1. The number of allylic oxidation sites excluding steroid dienone is 2. The van der Waals surface area contributed by atoms with Crippen LogP contribution in [0.1, 0.15) is 57.2 Å². The molecule has 0 radical (unpaired) electrons. The summed E-state index contributed by atoms with van der Waals surface area (Å²) in [5.41, 5.74) is 3.56. The van der Waals surface area contributed by atoms with E-state index in [1.165, 1.54) is 17.0 Å². The van der Waals surface area contributed by atoms with E-state index in [1.807, 2.05) is 26.0 Å². The summed E-state index contributed by atoms with van der Waals surface area (Å²) in [6.45, 7) is 3.90. The van der Waals surface area contributed by atoms with Crippen molar-refractivity contribution >= 4 is 23.5 Å². The predicted octanol–water partition coefficient (Wildman–Crippen LogP) is 4.34. The van der Waals surface area contributed by atoms with E-state index in [4.69, 9.17) is 0 Å². The quantitative estimate of drug-likeness (QED) is 0.316. The first-order chi connectivity index (χ1) is 18.3. The Morgan fingerprint density at radius 2 is 2.00 bits per heavy atom. The van der Waals surface area contributed by atoms with Gasteiger partial charge in [0.1, 0.15) is 0 Å². The molecule has 2 aliphatic rings. The van der Waals surface area contributed by atoms with Crippen LogP contribution in [0.15, 0.2) is 53.7 Å². The maximum Gasteiger partial charge on any atom is 0.233 e. The number of aliphatic hydroxyl groups excluding tert-OH is 2. The summed E-state index contributed by atoms with van der Waals surface area (Å²) in [7, 11) is 0. The fourth-order valence-electron chi connectivity index (χ4n) is 5.90. The van der Waals surface area contributed by atoms with Crippen molar-refractivity contribution in [2.45, 2.75) is 52.1 Å². The van der Waals surface area contributed by atoms with Gasteiger partial charge in [-0.3, -0.25) is 19.5 Å². The lowest BCUT2D eigenvalue weighted by molar-refractivity contribution is -0.140. The van der Waals surface area contributed by atoms with E-state index in [1.54, 1.807) is 24.4 Å². The number of nitrogens with zero attached hydrogens (tertiary/aromatic N) is 2. The molecule has 38 heavy (non-hydrogen) atoms. The van der Waals surface area contributed by atoms with Gasteiger partial charge in [-0.2, -0.15) is 0 Å². The van der Waals surface area contributed by atoms with Gasteiger partial charge in [-0.15, -0.1) is 0 Å². The number of hydrogen-bond donors (Lipinski definition) is 3. The number of phenolic OH excluding ortho intramolecular Hbond substituents is 1. The number of halogens is 1. The Kier molecular flexibility index (Phi) is 8.74. The molecule has 8 heteroatoms. The van der Waals surface area contributed by atoms with Gasteiger partial charge in [0.15, 0.2) is 11.6 Å². The third kappa shape index (κ3) is 5.42. The number of benzene rings is 1. The van der Waals surface area contributed by atoms with Gasteiger partial charge in [0.05, 0.1) is 30.2 Å². The van der Waals surface area contributed by atoms with Gasteiger partial charge in [0.2, 0.25) is 11.8 Å². The molecule has 2 amide bonds. The SMILES string of the molecule is CCCN1C(=O)[C@@H]2[C@@H](CC(CC)=C([C@H](O)CC/C(=C/c3ccc(O)c(F)c3)c3ccccn3)[C@@H]2CO)C1=O. The number of carbonyl (C=O) groups excluding carboxylic acids is 2. The minimum Gasteiger partial charge on any atom is -0.505 e. The molecule has 2 heterocycles. The van der Waals surface area contributed by atoms with Crippen LogP contribution >= 0.6 is 0 Å². The van der Waals surface area contributed by atoms with Crippen molar-refractivity contribution in [2.75, 3.05) is 13.2 Å². The largest absolute Gasteiger partial charge is 0.505 e. The van der Waals surface area contributed by atoms with Gasteiger partial charge in [-0.05, 0) is 79.2 Å². The molecule has 0 unspecified atom stereocenters. The summed E-state index contributed by atoms with van der Waals surface area (Å²) in [4.78, 5) is 32.0. The molecule has 1 aliphatic carbocycles. The lowest BCUT2D eigenvalue weighted by Crippen LogP contribution is -2.39. The molecule has 1 aromatic carbocycles. The van der Waals surface area contributed by atoms with Crippen molar-refractivity contribution in [1.29, 1.82) is 0 Å². The lowest BCUT2D eigenvalue weighted by Gasteiger charge is -2.36. The Hall–Kier alpha value is -3.36. The molecule has 1 aliphatic heterocycles. The predicted molar refractivity (Wildman–Crippen MR) is 142 cm³/mol. The minimum absolute atomic E-state index is 0.179. The molecule has 3 N–H and O–H groups in total. The molecule has 4 atom stereocenters. The average molecular weight is 523 g/mol. The molecule has 0 bridgehead atoms. The first-order valence-electron chi connectivity index (χ1n) is 13.3. The number of phenols is 1. The highest BCUT2D eigenvalue weighted by atomic mass is 19.1. The van der Waals surface area contributed by atoms with Crippen molar-refractivity contribution in [3.05, 3.63) is 70.8 Å². The summed E-state index contributed by atoms with van der Waals surface area (Å²) in [6, 6.07) is 9.59. The maximum absolute atomic E-state index is 14.0. The first-order valence-corrected chi connectivity index (χ1v) is 13.3. The van der Waals surface area contributed by atoms with Crippen molar-refractivity contribution in [3.8, 4) is 5.75 Å². The van der Waals surface area contributed by atoms with Crippen LogP contribution < -0.4 is 0 Å². The molecular weight excluding hydrogens is 487 g/mol. The number of fused-ring (bicyclic) bond motifs is 1. The normalized spacial score (nSPS) is 22.7. The van der Waals surface area contributed by atoms with Gasteiger partial charge < -0.3 is 15.3 Å². The zero-order chi connectivity index (χ0) is 27.4. The Morgan fingerprint density at radius 1 is 1.21 bits per heavy atom. The zero-order valence-electron chi connectivity index (χ0n) is 21.8. The van der Waals surface area contributed by atoms with Gasteiger partial charge in [-0.25, -0.2) is 4.39 Å². The number of rotatable bonds is 10. The van der Waals surface area contributed by atoms with Crippen LogP contribution in [0.4, 0.5) is 4.39 Å². The van der Waals surface area contributed by atoms with Crippen molar-refractivity contribution < 1.29 is 29.3 Å². The molecule has 1 fully saturated rings. The van der Waals surface area contributed by atoms with Crippen LogP contribution in [0.3, 0.4) is 0 Å². The smallest absolute Gasteiger partial charge is 0.233 e. The maximum atomic E-state index is 14.0. The summed E-state index contributed by atoms with van der Waals surface area (Å²) in [5.74, 6) is -3.38. The second kappa shape index (κ2) is 12.0. The summed E-state index contributed by atoms with van der Waals surface area (Å²) in [6.07, 6.45) is 4.85. The second-order valence-corrected chi connectivity index (χ2v) is 10.0. The minimum atomic E-state index is -0.935.